The highest BCUT2D eigenvalue weighted by Gasteiger charge is 2.36. The number of guanidine groups is 1. The molecule has 1 fully saturated rings. The van der Waals surface area contributed by atoms with Gasteiger partial charge in [0.15, 0.2) is 5.96 Å². The third-order valence-corrected chi connectivity index (χ3v) is 5.53. The van der Waals surface area contributed by atoms with Crippen molar-refractivity contribution in [1.29, 1.82) is 0 Å². The van der Waals surface area contributed by atoms with Gasteiger partial charge in [-0.3, -0.25) is 4.99 Å². The number of likely N-dealkylation sites (N-methyl/N-ethyl adjacent to an activating group) is 1. The van der Waals surface area contributed by atoms with Gasteiger partial charge in [-0.05, 0) is 44.5 Å². The van der Waals surface area contributed by atoms with E-state index >= 15 is 0 Å². The summed E-state index contributed by atoms with van der Waals surface area (Å²) >= 11 is 8.07. The van der Waals surface area contributed by atoms with Crippen LogP contribution in [-0.2, 0) is 0 Å². The summed E-state index contributed by atoms with van der Waals surface area (Å²) in [5, 5.41) is 3.62. The number of hydrogen-bond acceptors (Lipinski definition) is 4. The van der Waals surface area contributed by atoms with Crippen LogP contribution in [0.1, 0.15) is 6.42 Å². The van der Waals surface area contributed by atoms with Gasteiger partial charge in [-0.1, -0.05) is 11.6 Å². The average molecular weight is 471 g/mol. The van der Waals surface area contributed by atoms with Crippen molar-refractivity contribution in [2.75, 3.05) is 44.6 Å². The van der Waals surface area contributed by atoms with Crippen molar-refractivity contribution in [2.45, 2.75) is 12.0 Å². The number of rotatable bonds is 5. The summed E-state index contributed by atoms with van der Waals surface area (Å²) in [6.45, 7) is 0.690. The molecule has 8 heteroatoms. The first-order valence-electron chi connectivity index (χ1n) is 7.12. The number of methoxy groups -OCH3 is 1. The molecule has 1 heterocycles. The quantitative estimate of drug-likeness (QED) is 0.393. The van der Waals surface area contributed by atoms with E-state index in [0.29, 0.717) is 23.3 Å². The minimum atomic E-state index is 0. The molecule has 0 saturated carbocycles. The maximum Gasteiger partial charge on any atom is 0.193 e. The maximum absolute atomic E-state index is 6.10. The largest absolute Gasteiger partial charge is 0.495 e. The molecule has 23 heavy (non-hydrogen) atoms. The second kappa shape index (κ2) is 9.19. The molecule has 1 aromatic carbocycles. The highest BCUT2D eigenvalue weighted by atomic mass is 127. The molecule has 1 saturated heterocycles. The van der Waals surface area contributed by atoms with Gasteiger partial charge in [0.2, 0.25) is 0 Å². The van der Waals surface area contributed by atoms with E-state index in [2.05, 4.69) is 29.3 Å². The van der Waals surface area contributed by atoms with Crippen LogP contribution >= 0.6 is 47.3 Å². The number of aliphatic imine (C=N–C) groups is 1. The molecule has 130 valence electrons. The fourth-order valence-electron chi connectivity index (χ4n) is 2.38. The van der Waals surface area contributed by atoms with Gasteiger partial charge >= 0.3 is 0 Å². The molecule has 0 aromatic heterocycles. The number of halogens is 2. The lowest BCUT2D eigenvalue weighted by molar-refractivity contribution is 0.190. The van der Waals surface area contributed by atoms with Crippen LogP contribution < -0.4 is 15.8 Å². The number of anilines is 1. The van der Waals surface area contributed by atoms with Crippen LogP contribution in [0.15, 0.2) is 23.2 Å². The molecular weight excluding hydrogens is 447 g/mol. The lowest BCUT2D eigenvalue weighted by Crippen LogP contribution is -2.47. The number of nitrogens with one attached hydrogen (secondary N) is 1. The summed E-state index contributed by atoms with van der Waals surface area (Å²) < 4.78 is 5.13. The summed E-state index contributed by atoms with van der Waals surface area (Å²) in [5.74, 6) is 3.30. The van der Waals surface area contributed by atoms with Crippen LogP contribution in [0.25, 0.3) is 0 Å². The lowest BCUT2D eigenvalue weighted by atomic mass is 9.98. The van der Waals surface area contributed by atoms with Crippen molar-refractivity contribution in [3.63, 3.8) is 0 Å². The standard InChI is InChI=1S/C15H23ClN4OS.HI/c1-20(2)15(6-7-22-10-15)9-18-14(17)19-11-4-5-13(21-3)12(16)8-11;/h4-5,8H,6-7,9-10H2,1-3H3,(H3,17,18,19);1H. The van der Waals surface area contributed by atoms with Crippen LogP contribution in [0.2, 0.25) is 5.02 Å². The van der Waals surface area contributed by atoms with Crippen molar-refractivity contribution >= 4 is 59.0 Å². The average Bonchev–Trinajstić information content (AvgIpc) is 2.96. The van der Waals surface area contributed by atoms with Crippen LogP contribution in [0.5, 0.6) is 5.75 Å². The third kappa shape index (κ3) is 5.30. The Bertz CT molecular complexity index is 550. The van der Waals surface area contributed by atoms with Crippen molar-refractivity contribution in [1.82, 2.24) is 4.90 Å². The summed E-state index contributed by atoms with van der Waals surface area (Å²) in [5.41, 5.74) is 6.91. The van der Waals surface area contributed by atoms with Crippen LogP contribution in [0, 0.1) is 0 Å². The van der Waals surface area contributed by atoms with Crippen molar-refractivity contribution in [3.05, 3.63) is 23.2 Å². The first-order chi connectivity index (χ1) is 10.5. The zero-order chi connectivity index (χ0) is 16.2. The predicted molar refractivity (Wildman–Crippen MR) is 112 cm³/mol. The van der Waals surface area contributed by atoms with Crippen LogP contribution in [-0.4, -0.2) is 55.7 Å². The molecule has 1 atom stereocenters. The number of ether oxygens (including phenoxy) is 1. The molecule has 0 bridgehead atoms. The molecule has 1 unspecified atom stereocenters. The van der Waals surface area contributed by atoms with E-state index < -0.39 is 0 Å². The Balaban J connectivity index is 0.00000264. The van der Waals surface area contributed by atoms with Crippen LogP contribution in [0.3, 0.4) is 0 Å². The van der Waals surface area contributed by atoms with Gasteiger partial charge in [-0.15, -0.1) is 24.0 Å². The van der Waals surface area contributed by atoms with E-state index in [1.807, 2.05) is 17.8 Å². The fraction of sp³-hybridized carbons (Fsp3) is 0.533. The smallest absolute Gasteiger partial charge is 0.193 e. The minimum Gasteiger partial charge on any atom is -0.495 e. The van der Waals surface area contributed by atoms with E-state index in [1.54, 1.807) is 19.2 Å². The molecule has 5 nitrogen and oxygen atoms in total. The van der Waals surface area contributed by atoms with Gasteiger partial charge in [0, 0.05) is 17.0 Å². The Kier molecular flexibility index (Phi) is 8.26. The van der Waals surface area contributed by atoms with E-state index in [9.17, 15) is 0 Å². The SMILES string of the molecule is COc1ccc(NC(N)=NCC2(N(C)C)CCSC2)cc1Cl.I. The molecule has 1 aliphatic rings. The van der Waals surface area contributed by atoms with E-state index in [0.717, 1.165) is 17.9 Å². The zero-order valence-corrected chi connectivity index (χ0v) is 17.5. The van der Waals surface area contributed by atoms with Gasteiger partial charge in [-0.2, -0.15) is 11.8 Å². The lowest BCUT2D eigenvalue weighted by Gasteiger charge is -2.34. The zero-order valence-electron chi connectivity index (χ0n) is 13.6. The fourth-order valence-corrected chi connectivity index (χ4v) is 4.18. The molecule has 2 rings (SSSR count). The molecule has 1 aromatic rings. The third-order valence-electron chi connectivity index (χ3n) is 4.00. The summed E-state index contributed by atoms with van der Waals surface area (Å²) in [6.07, 6.45) is 1.13. The predicted octanol–water partition coefficient (Wildman–Crippen LogP) is 3.13. The first-order valence-corrected chi connectivity index (χ1v) is 8.66. The summed E-state index contributed by atoms with van der Waals surface area (Å²) in [6, 6.07) is 5.43. The second-order valence-electron chi connectivity index (χ2n) is 5.60. The maximum atomic E-state index is 6.10. The Morgan fingerprint density at radius 2 is 2.26 bits per heavy atom. The second-order valence-corrected chi connectivity index (χ2v) is 7.11. The molecule has 0 amide bonds. The minimum absolute atomic E-state index is 0. The van der Waals surface area contributed by atoms with Crippen molar-refractivity contribution in [3.8, 4) is 5.75 Å². The number of nitrogens with two attached hydrogens (primary N) is 1. The first kappa shape index (κ1) is 20.7. The number of thioether (sulfide) groups is 1. The molecule has 0 aliphatic carbocycles. The number of nitrogens with zero attached hydrogens (tertiary/aromatic N) is 2. The highest BCUT2D eigenvalue weighted by Crippen LogP contribution is 2.32. The Morgan fingerprint density at radius 3 is 2.78 bits per heavy atom. The summed E-state index contributed by atoms with van der Waals surface area (Å²) in [4.78, 5) is 6.78. The molecule has 0 radical (unpaired) electrons. The Morgan fingerprint density at radius 1 is 1.52 bits per heavy atom. The van der Waals surface area contributed by atoms with Gasteiger partial charge in [0.25, 0.3) is 0 Å². The number of benzene rings is 1. The Hall–Kier alpha value is -0.380. The topological polar surface area (TPSA) is 62.9 Å². The molecule has 3 N–H and O–H groups in total. The molecular formula is C15H24ClIN4OS. The highest BCUT2D eigenvalue weighted by molar-refractivity contribution is 14.0. The molecule has 0 spiro atoms. The van der Waals surface area contributed by atoms with Gasteiger partial charge in [0.1, 0.15) is 5.75 Å². The van der Waals surface area contributed by atoms with Crippen molar-refractivity contribution in [2.24, 2.45) is 10.7 Å². The normalized spacial score (nSPS) is 21.2. The van der Waals surface area contributed by atoms with Gasteiger partial charge in [-0.25, -0.2) is 0 Å². The summed E-state index contributed by atoms with van der Waals surface area (Å²) in [7, 11) is 5.80. The van der Waals surface area contributed by atoms with Crippen LogP contribution in [0.4, 0.5) is 5.69 Å². The molecule has 1 aliphatic heterocycles. The monoisotopic (exact) mass is 470 g/mol. The van der Waals surface area contributed by atoms with Gasteiger partial charge < -0.3 is 20.7 Å². The number of hydrogen-bond donors (Lipinski definition) is 2. The Labute approximate surface area is 164 Å². The van der Waals surface area contributed by atoms with Crippen molar-refractivity contribution < 1.29 is 4.74 Å². The van der Waals surface area contributed by atoms with E-state index in [1.165, 1.54) is 5.75 Å². The van der Waals surface area contributed by atoms with Gasteiger partial charge in [0.05, 0.1) is 18.7 Å². The van der Waals surface area contributed by atoms with E-state index in [-0.39, 0.29) is 29.5 Å². The van der Waals surface area contributed by atoms with E-state index in [4.69, 9.17) is 22.1 Å².